The van der Waals surface area contributed by atoms with Crippen molar-refractivity contribution in [3.8, 4) is 22.3 Å². The van der Waals surface area contributed by atoms with Crippen LogP contribution in [0.3, 0.4) is 0 Å². The Bertz CT molecular complexity index is 3670. The van der Waals surface area contributed by atoms with E-state index in [0.29, 0.717) is 77.9 Å². The predicted octanol–water partition coefficient (Wildman–Crippen LogP) is 4.82. The van der Waals surface area contributed by atoms with Crippen molar-refractivity contribution in [2.45, 2.75) is 111 Å². The summed E-state index contributed by atoms with van der Waals surface area (Å²) >= 11 is 0. The normalized spacial score (nSPS) is 15.0. The number of carbonyl (C=O) groups excluding carboxylic acids is 2. The van der Waals surface area contributed by atoms with Crippen LogP contribution in [0.4, 0.5) is 30.3 Å². The number of nitrogens with one attached hydrogen (secondary N) is 6. The van der Waals surface area contributed by atoms with Gasteiger partial charge in [-0.25, -0.2) is 52.8 Å². The van der Waals surface area contributed by atoms with Crippen LogP contribution in [0.1, 0.15) is 121 Å². The fourth-order valence-electron chi connectivity index (χ4n) is 9.41. The number of H-pyrrole nitrogens is 2. The molecule has 0 spiro atoms. The summed E-state index contributed by atoms with van der Waals surface area (Å²) < 4.78 is 91.1. The predicted molar refractivity (Wildman–Crippen MR) is 308 cm³/mol. The van der Waals surface area contributed by atoms with E-state index in [1.165, 1.54) is 44.7 Å². The standard InChI is InChI=1S/C35H38FN6O6P.C21H26FN6O6P.CH4.2Na.W/c1-4-37-34(43)42-33-40-27-18-26(30(36)29(31(27)41-33)28-16-11-17-45-28)25-19-38-32(39-20-25)35(2,3)48-49(44,46-21-23-12-7-5-8-13-23)47-22-24-14-9-6-10-15-24;1-4-23-20(29)28-19-26-13-8-12(16(22)15(17(13)27-19)14-6-5-7-33-14)11-9-24-18(25-10-11)21(2,3)34-35(30,31)32;;;;/h5-10,12-15,18-20,28H,4,11,16-17,21-22H2,1-3H3,(H3,37,40,41,42,43);8-10,14H,4-7H2,1-3H3,(H2,30,31,32)(H3,23,26,27,28,29);1H4;;;/q;;;2*+1;/p-2/t28-;14-;;;;/m11..../s1. The first-order valence-corrected chi connectivity index (χ1v) is 29.9. The van der Waals surface area contributed by atoms with Crippen LogP contribution in [-0.2, 0) is 82.2 Å². The number of ether oxygens (including phenoxy) is 2. The number of hydrogen-bond acceptors (Lipinski definition) is 18. The van der Waals surface area contributed by atoms with Crippen LogP contribution >= 0.6 is 15.6 Å². The van der Waals surface area contributed by atoms with E-state index in [1.807, 2.05) is 60.7 Å². The molecule has 24 nitrogen and oxygen atoms in total. The number of urea groups is 2. The molecular formula is C57H66F2N12Na2O12P2W. The minimum Gasteiger partial charge on any atom is -0.790 e. The maximum absolute atomic E-state index is 16.4. The number of benzene rings is 4. The van der Waals surface area contributed by atoms with Gasteiger partial charge >= 0.3 is 79.0 Å². The van der Waals surface area contributed by atoms with Gasteiger partial charge in [0.25, 0.3) is 0 Å². The quantitative estimate of drug-likeness (QED) is 0.0440. The van der Waals surface area contributed by atoms with E-state index >= 15 is 8.78 Å². The Morgan fingerprint density at radius 1 is 0.648 bits per heavy atom. The van der Waals surface area contributed by atoms with Gasteiger partial charge in [0.2, 0.25) is 11.9 Å². The van der Waals surface area contributed by atoms with Crippen molar-refractivity contribution in [2.24, 2.45) is 0 Å². The molecule has 2 aliphatic heterocycles. The molecule has 31 heteroatoms. The number of phosphoric acid groups is 2. The number of imidazole rings is 2. The number of halogens is 2. The number of phosphoric ester groups is 2. The molecule has 8 aromatic rings. The van der Waals surface area contributed by atoms with Crippen LogP contribution in [0.2, 0.25) is 0 Å². The minimum atomic E-state index is -5.29. The van der Waals surface area contributed by atoms with E-state index in [-0.39, 0.29) is 141 Å². The molecule has 0 radical (unpaired) electrons. The van der Waals surface area contributed by atoms with Crippen molar-refractivity contribution in [3.05, 3.63) is 143 Å². The number of nitrogens with zero attached hydrogens (tertiary/aromatic N) is 6. The van der Waals surface area contributed by atoms with Gasteiger partial charge in [-0.2, -0.15) is 0 Å². The third kappa shape index (κ3) is 18.7. The number of hydrogen-bond donors (Lipinski definition) is 6. The maximum atomic E-state index is 16.4. The number of rotatable bonds is 20. The number of amides is 4. The van der Waals surface area contributed by atoms with Gasteiger partial charge in [-0.15, -0.1) is 0 Å². The Hall–Kier alpha value is -4.79. The van der Waals surface area contributed by atoms with Gasteiger partial charge < -0.3 is 49.0 Å². The largest absolute Gasteiger partial charge is 1.00 e. The molecule has 4 amide bonds. The molecule has 6 N–H and O–H groups in total. The van der Waals surface area contributed by atoms with Crippen molar-refractivity contribution in [1.82, 2.24) is 50.5 Å². The third-order valence-electron chi connectivity index (χ3n) is 13.3. The van der Waals surface area contributed by atoms with Gasteiger partial charge in [-0.1, -0.05) is 68.1 Å². The molecule has 2 aliphatic rings. The molecule has 0 bridgehead atoms. The summed E-state index contributed by atoms with van der Waals surface area (Å²) in [5.74, 6) is -0.656. The van der Waals surface area contributed by atoms with Crippen molar-refractivity contribution in [1.29, 1.82) is 0 Å². The average Bonchev–Trinajstić information content (AvgIpc) is 3.46. The zero-order valence-electron chi connectivity index (χ0n) is 49.1. The first-order chi connectivity index (χ1) is 40.1. The van der Waals surface area contributed by atoms with E-state index in [0.717, 1.165) is 24.0 Å². The molecule has 4 aromatic carbocycles. The number of carbonyl (C=O) groups is 2. The van der Waals surface area contributed by atoms with E-state index in [1.54, 1.807) is 33.8 Å². The van der Waals surface area contributed by atoms with Crippen molar-refractivity contribution in [3.63, 3.8) is 0 Å². The second-order valence-corrected chi connectivity index (χ2v) is 23.1. The first-order valence-electron chi connectivity index (χ1n) is 27.0. The van der Waals surface area contributed by atoms with Crippen LogP contribution in [0, 0.1) is 11.6 Å². The van der Waals surface area contributed by atoms with Gasteiger partial charge in [-0.3, -0.25) is 24.2 Å². The second-order valence-electron chi connectivity index (χ2n) is 20.4. The van der Waals surface area contributed by atoms with Crippen LogP contribution in [0.15, 0.2) is 97.6 Å². The van der Waals surface area contributed by atoms with Gasteiger partial charge in [0, 0.05) is 106 Å². The summed E-state index contributed by atoms with van der Waals surface area (Å²) in [5.41, 5.74) is 1.91. The molecule has 0 saturated carbocycles. The smallest absolute Gasteiger partial charge is 0.790 e. The number of fused-ring (bicyclic) bond motifs is 2. The van der Waals surface area contributed by atoms with Crippen LogP contribution < -0.4 is 90.2 Å². The Labute approximate surface area is 566 Å². The van der Waals surface area contributed by atoms with Gasteiger partial charge in [0.15, 0.2) is 11.6 Å². The monoisotopic (exact) mass is 1440 g/mol. The fraction of sp³-hybridized carbons (Fsp3) is 0.368. The SMILES string of the molecule is C.CCNC(=O)Nc1nc2c([C@H]3CCCO3)c(F)c(-c3cnc(C(C)(C)OP(=O)(OCc4ccccc4)OCc4ccccc4)nc3)cc2[nH]1.CCNC(=O)Nc1nc2c([C@H]3CCCO3)c(F)c(-c3cnc(C(C)(C)OP(=O)([O-])[O-])nc3)cc2[nH]1.[Na+].[Na+].[W]. The summed E-state index contributed by atoms with van der Waals surface area (Å²) in [6.07, 6.45) is 7.32. The molecule has 4 aromatic heterocycles. The Morgan fingerprint density at radius 2 is 1.02 bits per heavy atom. The van der Waals surface area contributed by atoms with Gasteiger partial charge in [-0.05, 0) is 90.5 Å². The van der Waals surface area contributed by atoms with Crippen molar-refractivity contribution in [2.75, 3.05) is 36.9 Å². The summed E-state index contributed by atoms with van der Waals surface area (Å²) in [5, 5.41) is 10.5. The number of anilines is 2. The average molecular weight is 1440 g/mol. The molecule has 88 heavy (non-hydrogen) atoms. The fourth-order valence-corrected chi connectivity index (χ4v) is 11.5. The van der Waals surface area contributed by atoms with E-state index in [2.05, 4.69) is 65.7 Å². The topological polar surface area (TPSA) is 327 Å². The van der Waals surface area contributed by atoms with E-state index in [9.17, 15) is 28.5 Å². The molecular weight excluding hydrogens is 1370 g/mol. The Morgan fingerprint density at radius 3 is 1.36 bits per heavy atom. The van der Waals surface area contributed by atoms with Crippen LogP contribution in [-0.4, -0.2) is 78.2 Å². The van der Waals surface area contributed by atoms with E-state index in [4.69, 9.17) is 23.0 Å². The molecule has 6 heterocycles. The maximum Gasteiger partial charge on any atom is 1.00 e. The molecule has 458 valence electrons. The molecule has 0 unspecified atom stereocenters. The Kier molecular flexibility index (Phi) is 27.3. The molecule has 10 rings (SSSR count). The van der Waals surface area contributed by atoms with Crippen molar-refractivity contribution >= 4 is 61.7 Å². The zero-order chi connectivity index (χ0) is 59.8. The summed E-state index contributed by atoms with van der Waals surface area (Å²) in [6, 6.07) is 20.8. The molecule has 0 aliphatic carbocycles. The van der Waals surface area contributed by atoms with Crippen LogP contribution in [0.25, 0.3) is 44.3 Å². The third-order valence-corrected chi connectivity index (χ3v) is 15.5. The minimum absolute atomic E-state index is 0. The molecule has 2 atom stereocenters. The summed E-state index contributed by atoms with van der Waals surface area (Å²) in [6.45, 7) is 11.4. The number of aromatic nitrogens is 8. The second kappa shape index (κ2) is 32.5. The molecule has 2 saturated heterocycles. The van der Waals surface area contributed by atoms with Crippen LogP contribution in [0.5, 0.6) is 0 Å². The number of aromatic amines is 2. The summed E-state index contributed by atoms with van der Waals surface area (Å²) in [7, 11) is -9.46. The van der Waals surface area contributed by atoms with Crippen molar-refractivity contribution < 1.29 is 145 Å². The first kappa shape index (κ1) is 73.9. The Balaban J connectivity index is 0.000000322. The summed E-state index contributed by atoms with van der Waals surface area (Å²) in [4.78, 5) is 78.3. The van der Waals surface area contributed by atoms with Gasteiger partial charge in [0.1, 0.15) is 22.8 Å². The molecule has 2 fully saturated rings. The van der Waals surface area contributed by atoms with E-state index < -0.39 is 62.8 Å². The van der Waals surface area contributed by atoms with Gasteiger partial charge in [0.05, 0.1) is 55.3 Å². The zero-order valence-corrected chi connectivity index (χ0v) is 57.8.